The SMILES string of the molecule is Cn1ccn(-c2ccc(CO)cc2)c1=O. The molecule has 0 aliphatic rings. The van der Waals surface area contributed by atoms with E-state index in [2.05, 4.69) is 0 Å². The molecule has 0 saturated heterocycles. The summed E-state index contributed by atoms with van der Waals surface area (Å²) in [6.45, 7) is 0.0178. The van der Waals surface area contributed by atoms with Crippen LogP contribution in [0.3, 0.4) is 0 Å². The van der Waals surface area contributed by atoms with Crippen molar-refractivity contribution in [1.29, 1.82) is 0 Å². The van der Waals surface area contributed by atoms with E-state index in [1.165, 1.54) is 4.57 Å². The molecule has 15 heavy (non-hydrogen) atoms. The highest BCUT2D eigenvalue weighted by molar-refractivity contribution is 5.34. The van der Waals surface area contributed by atoms with Gasteiger partial charge in [0.25, 0.3) is 0 Å². The fraction of sp³-hybridized carbons (Fsp3) is 0.182. The molecule has 0 radical (unpaired) electrons. The van der Waals surface area contributed by atoms with Crippen LogP contribution in [0.15, 0.2) is 41.5 Å². The number of aryl methyl sites for hydroxylation is 1. The zero-order valence-electron chi connectivity index (χ0n) is 8.42. The van der Waals surface area contributed by atoms with Crippen molar-refractivity contribution in [3.05, 3.63) is 52.7 Å². The molecule has 0 saturated carbocycles. The number of hydrogen-bond donors (Lipinski definition) is 1. The highest BCUT2D eigenvalue weighted by Gasteiger charge is 2.01. The summed E-state index contributed by atoms with van der Waals surface area (Å²) < 4.78 is 3.07. The maximum absolute atomic E-state index is 11.6. The summed E-state index contributed by atoms with van der Waals surface area (Å²) in [4.78, 5) is 11.6. The normalized spacial score (nSPS) is 10.5. The summed E-state index contributed by atoms with van der Waals surface area (Å²) in [6.07, 6.45) is 3.43. The average Bonchev–Trinajstić information content (AvgIpc) is 2.60. The van der Waals surface area contributed by atoms with E-state index in [0.717, 1.165) is 11.3 Å². The number of rotatable bonds is 2. The molecule has 0 spiro atoms. The summed E-state index contributed by atoms with van der Waals surface area (Å²) in [5, 5.41) is 8.89. The van der Waals surface area contributed by atoms with Gasteiger partial charge in [0, 0.05) is 19.4 Å². The zero-order chi connectivity index (χ0) is 10.8. The fourth-order valence-corrected chi connectivity index (χ4v) is 1.42. The first kappa shape index (κ1) is 9.73. The van der Waals surface area contributed by atoms with Crippen molar-refractivity contribution in [2.75, 3.05) is 0 Å². The summed E-state index contributed by atoms with van der Waals surface area (Å²) in [7, 11) is 1.71. The molecular weight excluding hydrogens is 192 g/mol. The smallest absolute Gasteiger partial charge is 0.332 e. The molecule has 0 bridgehead atoms. The van der Waals surface area contributed by atoms with Crippen LogP contribution >= 0.6 is 0 Å². The van der Waals surface area contributed by atoms with E-state index in [1.54, 1.807) is 36.1 Å². The molecule has 2 rings (SSSR count). The maximum atomic E-state index is 11.6. The predicted octanol–water partition coefficient (Wildman–Crippen LogP) is 0.668. The molecule has 0 amide bonds. The van der Waals surface area contributed by atoms with Crippen molar-refractivity contribution in [3.63, 3.8) is 0 Å². The second kappa shape index (κ2) is 3.74. The number of aromatic nitrogens is 2. The Morgan fingerprint density at radius 1 is 1.20 bits per heavy atom. The van der Waals surface area contributed by atoms with Crippen molar-refractivity contribution < 1.29 is 5.11 Å². The third kappa shape index (κ3) is 1.71. The third-order valence-electron chi connectivity index (χ3n) is 2.34. The average molecular weight is 204 g/mol. The van der Waals surface area contributed by atoms with Crippen molar-refractivity contribution >= 4 is 0 Å². The van der Waals surface area contributed by atoms with E-state index >= 15 is 0 Å². The number of nitrogens with zero attached hydrogens (tertiary/aromatic N) is 2. The lowest BCUT2D eigenvalue weighted by Gasteiger charge is -2.01. The standard InChI is InChI=1S/C11H12N2O2/c1-12-6-7-13(11(12)15)10-4-2-9(8-14)3-5-10/h2-7,14H,8H2,1H3. The Morgan fingerprint density at radius 3 is 2.33 bits per heavy atom. The minimum Gasteiger partial charge on any atom is -0.392 e. The van der Waals surface area contributed by atoms with E-state index in [0.29, 0.717) is 0 Å². The fourth-order valence-electron chi connectivity index (χ4n) is 1.42. The first-order valence-electron chi connectivity index (χ1n) is 4.66. The molecule has 0 fully saturated rings. The van der Waals surface area contributed by atoms with Gasteiger partial charge < -0.3 is 9.67 Å². The van der Waals surface area contributed by atoms with Crippen LogP contribution in [0.5, 0.6) is 0 Å². The Hall–Kier alpha value is -1.81. The molecule has 1 heterocycles. The lowest BCUT2D eigenvalue weighted by atomic mass is 10.2. The van der Waals surface area contributed by atoms with Gasteiger partial charge in [0.15, 0.2) is 0 Å². The van der Waals surface area contributed by atoms with E-state index < -0.39 is 0 Å². The zero-order valence-corrected chi connectivity index (χ0v) is 8.42. The summed E-state index contributed by atoms with van der Waals surface area (Å²) in [5.41, 5.74) is 1.56. The third-order valence-corrected chi connectivity index (χ3v) is 2.34. The van der Waals surface area contributed by atoms with Gasteiger partial charge in [0.05, 0.1) is 12.3 Å². The highest BCUT2D eigenvalue weighted by Crippen LogP contribution is 2.07. The molecule has 1 N–H and O–H groups in total. The highest BCUT2D eigenvalue weighted by atomic mass is 16.3. The van der Waals surface area contributed by atoms with Crippen molar-refractivity contribution in [2.24, 2.45) is 7.05 Å². The van der Waals surface area contributed by atoms with Gasteiger partial charge >= 0.3 is 5.69 Å². The molecule has 0 atom stereocenters. The minimum atomic E-state index is -0.0771. The van der Waals surface area contributed by atoms with Gasteiger partial charge in [0.1, 0.15) is 0 Å². The van der Waals surface area contributed by atoms with Crippen LogP contribution in [-0.4, -0.2) is 14.2 Å². The second-order valence-electron chi connectivity index (χ2n) is 3.39. The van der Waals surface area contributed by atoms with Crippen LogP contribution in [0.4, 0.5) is 0 Å². The predicted molar refractivity (Wildman–Crippen MR) is 56.9 cm³/mol. The van der Waals surface area contributed by atoms with E-state index in [9.17, 15) is 4.79 Å². The van der Waals surface area contributed by atoms with E-state index in [4.69, 9.17) is 5.11 Å². The van der Waals surface area contributed by atoms with Gasteiger partial charge in [-0.25, -0.2) is 4.79 Å². The molecule has 4 heteroatoms. The number of benzene rings is 1. The lowest BCUT2D eigenvalue weighted by molar-refractivity contribution is 0.282. The Bertz CT molecular complexity index is 508. The molecule has 4 nitrogen and oxygen atoms in total. The Kier molecular flexibility index (Phi) is 2.43. The van der Waals surface area contributed by atoms with Gasteiger partial charge in [-0.1, -0.05) is 12.1 Å². The molecule has 1 aromatic carbocycles. The van der Waals surface area contributed by atoms with Gasteiger partial charge in [-0.15, -0.1) is 0 Å². The van der Waals surface area contributed by atoms with Crippen LogP contribution in [0.2, 0.25) is 0 Å². The van der Waals surface area contributed by atoms with E-state index in [-0.39, 0.29) is 12.3 Å². The Morgan fingerprint density at radius 2 is 1.87 bits per heavy atom. The summed E-state index contributed by atoms with van der Waals surface area (Å²) in [5.74, 6) is 0. The second-order valence-corrected chi connectivity index (χ2v) is 3.39. The summed E-state index contributed by atoms with van der Waals surface area (Å²) in [6, 6.07) is 7.23. The van der Waals surface area contributed by atoms with Gasteiger partial charge in [-0.2, -0.15) is 0 Å². The van der Waals surface area contributed by atoms with Crippen LogP contribution in [0.25, 0.3) is 5.69 Å². The molecule has 1 aromatic heterocycles. The largest absolute Gasteiger partial charge is 0.392 e. The number of imidazole rings is 1. The van der Waals surface area contributed by atoms with Gasteiger partial charge in [0.2, 0.25) is 0 Å². The van der Waals surface area contributed by atoms with Gasteiger partial charge in [-0.05, 0) is 17.7 Å². The number of aliphatic hydroxyl groups is 1. The molecule has 0 aliphatic heterocycles. The van der Waals surface area contributed by atoms with Crippen molar-refractivity contribution in [3.8, 4) is 5.69 Å². The quantitative estimate of drug-likeness (QED) is 0.781. The topological polar surface area (TPSA) is 47.2 Å². The van der Waals surface area contributed by atoms with E-state index in [1.807, 2.05) is 12.1 Å². The van der Waals surface area contributed by atoms with Crippen LogP contribution in [0.1, 0.15) is 5.56 Å². The van der Waals surface area contributed by atoms with Gasteiger partial charge in [-0.3, -0.25) is 4.57 Å². The van der Waals surface area contributed by atoms with Crippen molar-refractivity contribution in [1.82, 2.24) is 9.13 Å². The molecular formula is C11H12N2O2. The summed E-state index contributed by atoms with van der Waals surface area (Å²) >= 11 is 0. The lowest BCUT2D eigenvalue weighted by Crippen LogP contribution is -2.20. The minimum absolute atomic E-state index is 0.0178. The molecule has 2 aromatic rings. The monoisotopic (exact) mass is 204 g/mol. The van der Waals surface area contributed by atoms with Crippen LogP contribution in [0, 0.1) is 0 Å². The van der Waals surface area contributed by atoms with Crippen LogP contribution < -0.4 is 5.69 Å². The molecule has 0 aliphatic carbocycles. The molecule has 0 unspecified atom stereocenters. The Balaban J connectivity index is 2.46. The number of aliphatic hydroxyl groups excluding tert-OH is 1. The van der Waals surface area contributed by atoms with Crippen molar-refractivity contribution in [2.45, 2.75) is 6.61 Å². The first-order valence-corrected chi connectivity index (χ1v) is 4.66. The maximum Gasteiger partial charge on any atom is 0.332 e. The Labute approximate surface area is 87.0 Å². The molecule has 78 valence electrons. The first-order chi connectivity index (χ1) is 7.22. The number of hydrogen-bond acceptors (Lipinski definition) is 2. The van der Waals surface area contributed by atoms with Crippen LogP contribution in [-0.2, 0) is 13.7 Å².